The van der Waals surface area contributed by atoms with Gasteiger partial charge in [0.1, 0.15) is 17.7 Å². The van der Waals surface area contributed by atoms with Crippen molar-refractivity contribution < 1.29 is 9.18 Å². The zero-order chi connectivity index (χ0) is 18.8. The van der Waals surface area contributed by atoms with Gasteiger partial charge in [-0.2, -0.15) is 0 Å². The first-order chi connectivity index (χ1) is 13.1. The number of imidazole rings is 1. The normalized spacial score (nSPS) is 12.2. The highest BCUT2D eigenvalue weighted by molar-refractivity contribution is 5.89. The lowest BCUT2D eigenvalue weighted by molar-refractivity contribution is -0.121. The number of aryl methyl sites for hydroxylation is 1. The number of H-pyrrole nitrogens is 1. The average Bonchev–Trinajstić information content (AvgIpc) is 3.27. The zero-order valence-electron chi connectivity index (χ0n) is 14.8. The Morgan fingerprint density at radius 2 is 2.00 bits per heavy atom. The molecule has 1 amide bonds. The summed E-state index contributed by atoms with van der Waals surface area (Å²) < 4.78 is 15.2. The number of carbonyl (C=O) groups excluding carboxylic acids is 1. The molecule has 0 bridgehead atoms. The van der Waals surface area contributed by atoms with Crippen molar-refractivity contribution in [3.05, 3.63) is 89.9 Å². The van der Waals surface area contributed by atoms with Crippen LogP contribution in [0.4, 0.5) is 4.39 Å². The van der Waals surface area contributed by atoms with E-state index in [1.807, 2.05) is 48.3 Å². The molecule has 4 rings (SSSR count). The van der Waals surface area contributed by atoms with Crippen LogP contribution in [0.15, 0.2) is 67.1 Å². The Bertz CT molecular complexity index is 1080. The Morgan fingerprint density at radius 3 is 2.74 bits per heavy atom. The third-order valence-electron chi connectivity index (χ3n) is 4.65. The van der Waals surface area contributed by atoms with Gasteiger partial charge < -0.3 is 14.9 Å². The van der Waals surface area contributed by atoms with Crippen LogP contribution in [0.2, 0.25) is 0 Å². The topological polar surface area (TPSA) is 62.7 Å². The van der Waals surface area contributed by atoms with Crippen LogP contribution in [0.3, 0.4) is 0 Å². The Morgan fingerprint density at radius 1 is 1.22 bits per heavy atom. The molecule has 27 heavy (non-hydrogen) atoms. The number of amides is 1. The Balaban J connectivity index is 1.60. The van der Waals surface area contributed by atoms with Gasteiger partial charge in [-0.15, -0.1) is 0 Å². The summed E-state index contributed by atoms with van der Waals surface area (Å²) in [7, 11) is 1.87. The molecule has 4 aromatic rings. The number of fused-ring (bicyclic) bond motifs is 1. The lowest BCUT2D eigenvalue weighted by atomic mass is 10.0. The molecule has 2 heterocycles. The minimum atomic E-state index is -0.455. The molecule has 2 aromatic heterocycles. The maximum Gasteiger partial charge on any atom is 0.225 e. The molecule has 5 nitrogen and oxygen atoms in total. The van der Waals surface area contributed by atoms with Gasteiger partial charge in [0.15, 0.2) is 0 Å². The number of nitrogens with one attached hydrogen (secondary N) is 2. The SMILES string of the molecule is Cn1ccnc1[C@H](NC(=O)Cc1c[nH]c2ccccc12)c1ccc(F)cc1. The lowest BCUT2D eigenvalue weighted by Crippen LogP contribution is -2.32. The molecule has 0 aliphatic rings. The standard InChI is InChI=1S/C21H19FN4O/c1-26-11-10-23-21(26)20(14-6-8-16(22)9-7-14)25-19(27)12-15-13-24-18-5-3-2-4-17(15)18/h2-11,13,20,24H,12H2,1H3,(H,25,27)/t20-/m1/s1. The molecule has 1 atom stereocenters. The van der Waals surface area contributed by atoms with E-state index in [-0.39, 0.29) is 18.1 Å². The summed E-state index contributed by atoms with van der Waals surface area (Å²) in [6, 6.07) is 13.5. The van der Waals surface area contributed by atoms with Crippen molar-refractivity contribution in [2.75, 3.05) is 0 Å². The van der Waals surface area contributed by atoms with Crippen LogP contribution in [-0.4, -0.2) is 20.4 Å². The first-order valence-electron chi connectivity index (χ1n) is 8.69. The summed E-state index contributed by atoms with van der Waals surface area (Å²) in [4.78, 5) is 20.3. The van der Waals surface area contributed by atoms with Gasteiger partial charge in [0.25, 0.3) is 0 Å². The van der Waals surface area contributed by atoms with Crippen molar-refractivity contribution in [1.29, 1.82) is 0 Å². The summed E-state index contributed by atoms with van der Waals surface area (Å²) in [5.74, 6) is 0.244. The largest absolute Gasteiger partial charge is 0.361 e. The molecule has 0 spiro atoms. The van der Waals surface area contributed by atoms with E-state index in [9.17, 15) is 9.18 Å². The number of rotatable bonds is 5. The van der Waals surface area contributed by atoms with Gasteiger partial charge in [0.2, 0.25) is 5.91 Å². The van der Waals surface area contributed by atoms with E-state index in [2.05, 4.69) is 15.3 Å². The third-order valence-corrected chi connectivity index (χ3v) is 4.65. The second kappa shape index (κ2) is 7.07. The smallest absolute Gasteiger partial charge is 0.225 e. The van der Waals surface area contributed by atoms with E-state index in [4.69, 9.17) is 0 Å². The lowest BCUT2D eigenvalue weighted by Gasteiger charge is -2.19. The second-order valence-corrected chi connectivity index (χ2v) is 6.48. The maximum atomic E-state index is 13.3. The first kappa shape index (κ1) is 17.0. The molecule has 2 N–H and O–H groups in total. The predicted octanol–water partition coefficient (Wildman–Crippen LogP) is 3.49. The van der Waals surface area contributed by atoms with E-state index < -0.39 is 6.04 Å². The number of halogens is 1. The fourth-order valence-corrected chi connectivity index (χ4v) is 3.27. The Labute approximate surface area is 155 Å². The molecule has 136 valence electrons. The van der Waals surface area contributed by atoms with Gasteiger partial charge in [-0.3, -0.25) is 4.79 Å². The van der Waals surface area contributed by atoms with Gasteiger partial charge in [-0.05, 0) is 29.3 Å². The fraction of sp³-hybridized carbons (Fsp3) is 0.143. The van der Waals surface area contributed by atoms with E-state index >= 15 is 0 Å². The highest BCUT2D eigenvalue weighted by Gasteiger charge is 2.21. The minimum absolute atomic E-state index is 0.128. The van der Waals surface area contributed by atoms with Gasteiger partial charge in [-0.1, -0.05) is 30.3 Å². The molecule has 2 aromatic carbocycles. The highest BCUT2D eigenvalue weighted by Crippen LogP contribution is 2.22. The molecule has 0 unspecified atom stereocenters. The number of aromatic nitrogens is 3. The number of benzene rings is 2. The van der Waals surface area contributed by atoms with Crippen molar-refractivity contribution in [2.24, 2.45) is 7.05 Å². The minimum Gasteiger partial charge on any atom is -0.361 e. The van der Waals surface area contributed by atoms with E-state index in [0.717, 1.165) is 22.0 Å². The molecule has 0 fully saturated rings. The average molecular weight is 362 g/mol. The number of carbonyl (C=O) groups is 1. The number of hydrogen-bond donors (Lipinski definition) is 2. The first-order valence-corrected chi connectivity index (χ1v) is 8.69. The molecular formula is C21H19FN4O. The quantitative estimate of drug-likeness (QED) is 0.571. The second-order valence-electron chi connectivity index (χ2n) is 6.48. The van der Waals surface area contributed by atoms with Crippen LogP contribution in [0.5, 0.6) is 0 Å². The summed E-state index contributed by atoms with van der Waals surface area (Å²) in [6.45, 7) is 0. The molecular weight excluding hydrogens is 343 g/mol. The van der Waals surface area contributed by atoms with Crippen molar-refractivity contribution in [1.82, 2.24) is 19.9 Å². The molecule has 6 heteroatoms. The number of hydrogen-bond acceptors (Lipinski definition) is 2. The van der Waals surface area contributed by atoms with Gasteiger partial charge in [0.05, 0.1) is 6.42 Å². The number of nitrogens with zero attached hydrogens (tertiary/aromatic N) is 2. The molecule has 0 saturated carbocycles. The molecule has 0 aliphatic heterocycles. The van der Waals surface area contributed by atoms with Crippen molar-refractivity contribution >= 4 is 16.8 Å². The Hall–Kier alpha value is -3.41. The van der Waals surface area contributed by atoms with Gasteiger partial charge >= 0.3 is 0 Å². The zero-order valence-corrected chi connectivity index (χ0v) is 14.8. The summed E-state index contributed by atoms with van der Waals surface area (Å²) in [5.41, 5.74) is 2.71. The maximum absolute atomic E-state index is 13.3. The van der Waals surface area contributed by atoms with Crippen molar-refractivity contribution in [3.63, 3.8) is 0 Å². The Kier molecular flexibility index (Phi) is 4.46. The van der Waals surface area contributed by atoms with Crippen LogP contribution >= 0.6 is 0 Å². The summed E-state index contributed by atoms with van der Waals surface area (Å²) in [5, 5.41) is 4.07. The molecule has 0 saturated heterocycles. The van der Waals surface area contributed by atoms with Crippen molar-refractivity contribution in [3.8, 4) is 0 Å². The summed E-state index contributed by atoms with van der Waals surface area (Å²) in [6.07, 6.45) is 5.60. The van der Waals surface area contributed by atoms with Crippen LogP contribution in [-0.2, 0) is 18.3 Å². The monoisotopic (exact) mass is 362 g/mol. The van der Waals surface area contributed by atoms with Crippen molar-refractivity contribution in [2.45, 2.75) is 12.5 Å². The van der Waals surface area contributed by atoms with Gasteiger partial charge in [-0.25, -0.2) is 9.37 Å². The number of aromatic amines is 1. The number of para-hydroxylation sites is 1. The fourth-order valence-electron chi connectivity index (χ4n) is 3.27. The van der Waals surface area contributed by atoms with Crippen LogP contribution in [0.1, 0.15) is 23.0 Å². The molecule has 0 radical (unpaired) electrons. The van der Waals surface area contributed by atoms with Gasteiger partial charge in [0, 0.05) is 36.5 Å². The predicted molar refractivity (Wildman–Crippen MR) is 102 cm³/mol. The van der Waals surface area contributed by atoms with Crippen LogP contribution < -0.4 is 5.32 Å². The van der Waals surface area contributed by atoms with E-state index in [0.29, 0.717) is 5.82 Å². The highest BCUT2D eigenvalue weighted by atomic mass is 19.1. The molecule has 0 aliphatic carbocycles. The summed E-state index contributed by atoms with van der Waals surface area (Å²) >= 11 is 0. The van der Waals surface area contributed by atoms with Crippen LogP contribution in [0, 0.1) is 5.82 Å². The van der Waals surface area contributed by atoms with E-state index in [1.165, 1.54) is 12.1 Å². The third kappa shape index (κ3) is 3.46. The van der Waals surface area contributed by atoms with E-state index in [1.54, 1.807) is 18.3 Å². The van der Waals surface area contributed by atoms with Crippen LogP contribution in [0.25, 0.3) is 10.9 Å².